The van der Waals surface area contributed by atoms with Crippen molar-refractivity contribution in [2.24, 2.45) is 5.92 Å². The zero-order valence-electron chi connectivity index (χ0n) is 18.4. The van der Waals surface area contributed by atoms with Crippen molar-refractivity contribution in [3.8, 4) is 5.75 Å². The monoisotopic (exact) mass is 415 g/mol. The molecule has 2 aromatic rings. The Labute approximate surface area is 175 Å². The Kier molecular flexibility index (Phi) is 5.92. The molecule has 0 unspecified atom stereocenters. The molecule has 0 spiro atoms. The van der Waals surface area contributed by atoms with Gasteiger partial charge >= 0.3 is 17.7 Å². The van der Waals surface area contributed by atoms with Crippen LogP contribution in [0.4, 0.5) is 4.79 Å². The summed E-state index contributed by atoms with van der Waals surface area (Å²) in [5, 5.41) is 3.26. The molecular formula is C23H29NO6. The number of hydrogen-bond acceptors (Lipinski definition) is 6. The van der Waals surface area contributed by atoms with Gasteiger partial charge in [0.25, 0.3) is 0 Å². The number of alkyl carbamates (subject to hydrolysis) is 1. The van der Waals surface area contributed by atoms with Crippen LogP contribution >= 0.6 is 0 Å². The molecule has 7 heteroatoms. The molecule has 7 nitrogen and oxygen atoms in total. The molecule has 30 heavy (non-hydrogen) atoms. The predicted molar refractivity (Wildman–Crippen MR) is 113 cm³/mol. The second-order valence-corrected chi connectivity index (χ2v) is 9.13. The van der Waals surface area contributed by atoms with Crippen LogP contribution < -0.4 is 15.7 Å². The molecule has 0 saturated carbocycles. The predicted octanol–water partition coefficient (Wildman–Crippen LogP) is 4.04. The van der Waals surface area contributed by atoms with Gasteiger partial charge in [-0.3, -0.25) is 0 Å². The fraction of sp³-hybridized carbons (Fsp3) is 0.522. The number of aryl methyl sites for hydroxylation is 2. The highest BCUT2D eigenvalue weighted by Gasteiger charge is 2.30. The quantitative estimate of drug-likeness (QED) is 0.460. The minimum Gasteiger partial charge on any atom is -0.444 e. The third-order valence-electron chi connectivity index (χ3n) is 4.98. The molecule has 0 bridgehead atoms. The number of hydrogen-bond donors (Lipinski definition) is 1. The lowest BCUT2D eigenvalue weighted by Crippen LogP contribution is -2.48. The molecule has 0 saturated heterocycles. The van der Waals surface area contributed by atoms with Crippen LogP contribution in [-0.2, 0) is 22.4 Å². The first-order valence-corrected chi connectivity index (χ1v) is 10.3. The average molecular weight is 415 g/mol. The van der Waals surface area contributed by atoms with Gasteiger partial charge in [-0.05, 0) is 76.1 Å². The van der Waals surface area contributed by atoms with Gasteiger partial charge in [0.15, 0.2) is 0 Å². The lowest BCUT2D eigenvalue weighted by Gasteiger charge is -2.24. The van der Waals surface area contributed by atoms with Crippen LogP contribution in [-0.4, -0.2) is 23.7 Å². The fourth-order valence-corrected chi connectivity index (χ4v) is 3.69. The molecule has 1 heterocycles. The van der Waals surface area contributed by atoms with Crippen molar-refractivity contribution in [3.63, 3.8) is 0 Å². The van der Waals surface area contributed by atoms with Gasteiger partial charge in [-0.25, -0.2) is 14.4 Å². The number of fused-ring (bicyclic) bond motifs is 3. The smallest absolute Gasteiger partial charge is 0.408 e. The Hall–Kier alpha value is -2.83. The molecule has 1 aromatic heterocycles. The molecule has 1 aliphatic rings. The first-order valence-electron chi connectivity index (χ1n) is 10.3. The molecule has 1 aliphatic carbocycles. The maximum Gasteiger partial charge on any atom is 0.408 e. The van der Waals surface area contributed by atoms with Crippen molar-refractivity contribution in [2.75, 3.05) is 0 Å². The minimum absolute atomic E-state index is 0.218. The SMILES string of the molecule is Cc1cc(OC(=O)[C@@H](NC(=O)OC(C)(C)C)C(C)C)c2c3c(c(=O)oc2c1)CCC3. The van der Waals surface area contributed by atoms with Gasteiger partial charge < -0.3 is 19.2 Å². The van der Waals surface area contributed by atoms with Crippen molar-refractivity contribution < 1.29 is 23.5 Å². The second kappa shape index (κ2) is 8.13. The summed E-state index contributed by atoms with van der Waals surface area (Å²) in [7, 11) is 0. The van der Waals surface area contributed by atoms with Gasteiger partial charge in [0.2, 0.25) is 0 Å². The van der Waals surface area contributed by atoms with E-state index in [-0.39, 0.29) is 11.5 Å². The summed E-state index contributed by atoms with van der Waals surface area (Å²) < 4.78 is 16.5. The number of benzene rings is 1. The fourth-order valence-electron chi connectivity index (χ4n) is 3.69. The summed E-state index contributed by atoms with van der Waals surface area (Å²) in [6.45, 7) is 10.7. The van der Waals surface area contributed by atoms with Crippen molar-refractivity contribution in [1.82, 2.24) is 5.32 Å². The number of amides is 1. The lowest BCUT2D eigenvalue weighted by atomic mass is 10.0. The Morgan fingerprint density at radius 1 is 1.13 bits per heavy atom. The van der Waals surface area contributed by atoms with Crippen LogP contribution in [0.1, 0.15) is 57.7 Å². The Morgan fingerprint density at radius 3 is 2.43 bits per heavy atom. The van der Waals surface area contributed by atoms with Crippen LogP contribution in [0.5, 0.6) is 5.75 Å². The molecular weight excluding hydrogens is 386 g/mol. The van der Waals surface area contributed by atoms with Gasteiger partial charge in [-0.1, -0.05) is 13.8 Å². The second-order valence-electron chi connectivity index (χ2n) is 9.13. The van der Waals surface area contributed by atoms with Crippen molar-refractivity contribution in [3.05, 3.63) is 39.2 Å². The van der Waals surface area contributed by atoms with Crippen molar-refractivity contribution in [2.45, 2.75) is 72.4 Å². The number of nitrogens with one attached hydrogen (secondary N) is 1. The molecule has 0 fully saturated rings. The molecule has 0 aliphatic heterocycles. The van der Waals surface area contributed by atoms with Crippen LogP contribution in [0.3, 0.4) is 0 Å². The molecule has 3 rings (SSSR count). The van der Waals surface area contributed by atoms with Gasteiger partial charge in [0.1, 0.15) is 23.0 Å². The third-order valence-corrected chi connectivity index (χ3v) is 4.98. The van der Waals surface area contributed by atoms with E-state index in [1.807, 2.05) is 20.8 Å². The van der Waals surface area contributed by atoms with E-state index in [1.165, 1.54) is 0 Å². The first kappa shape index (κ1) is 21.9. The van der Waals surface area contributed by atoms with E-state index in [4.69, 9.17) is 13.9 Å². The number of carbonyl (C=O) groups excluding carboxylic acids is 2. The van der Waals surface area contributed by atoms with E-state index < -0.39 is 23.7 Å². The average Bonchev–Trinajstić information content (AvgIpc) is 3.07. The molecule has 1 amide bonds. The number of rotatable bonds is 4. The van der Waals surface area contributed by atoms with E-state index in [1.54, 1.807) is 32.9 Å². The van der Waals surface area contributed by atoms with E-state index in [0.29, 0.717) is 28.7 Å². The van der Waals surface area contributed by atoms with Crippen molar-refractivity contribution >= 4 is 23.0 Å². The van der Waals surface area contributed by atoms with Gasteiger partial charge in [0, 0.05) is 5.56 Å². The zero-order chi connectivity index (χ0) is 22.2. The van der Waals surface area contributed by atoms with Crippen LogP contribution in [0.15, 0.2) is 21.3 Å². The topological polar surface area (TPSA) is 94.8 Å². The summed E-state index contributed by atoms with van der Waals surface area (Å²) in [6.07, 6.45) is 1.56. The van der Waals surface area contributed by atoms with E-state index >= 15 is 0 Å². The summed E-state index contributed by atoms with van der Waals surface area (Å²) in [6, 6.07) is 2.63. The van der Waals surface area contributed by atoms with Crippen LogP contribution in [0.2, 0.25) is 0 Å². The highest BCUT2D eigenvalue weighted by atomic mass is 16.6. The maximum atomic E-state index is 13.0. The largest absolute Gasteiger partial charge is 0.444 e. The van der Waals surface area contributed by atoms with Gasteiger partial charge in [-0.2, -0.15) is 0 Å². The summed E-state index contributed by atoms with van der Waals surface area (Å²) in [5.74, 6) is -0.473. The molecule has 162 valence electrons. The molecule has 1 aromatic carbocycles. The summed E-state index contributed by atoms with van der Waals surface area (Å²) in [5.41, 5.74) is 1.73. The Bertz CT molecular complexity index is 1040. The van der Waals surface area contributed by atoms with E-state index in [0.717, 1.165) is 24.0 Å². The highest BCUT2D eigenvalue weighted by molar-refractivity contribution is 5.92. The molecule has 1 atom stereocenters. The van der Waals surface area contributed by atoms with Gasteiger partial charge in [-0.15, -0.1) is 0 Å². The Morgan fingerprint density at radius 2 is 1.80 bits per heavy atom. The number of carbonyl (C=O) groups is 2. The first-order chi connectivity index (χ1) is 14.0. The van der Waals surface area contributed by atoms with Crippen LogP contribution in [0, 0.1) is 12.8 Å². The summed E-state index contributed by atoms with van der Waals surface area (Å²) in [4.78, 5) is 37.5. The number of ether oxygens (including phenoxy) is 2. The third kappa shape index (κ3) is 4.66. The lowest BCUT2D eigenvalue weighted by molar-refractivity contribution is -0.137. The molecule has 0 radical (unpaired) electrons. The van der Waals surface area contributed by atoms with E-state index in [2.05, 4.69) is 5.32 Å². The van der Waals surface area contributed by atoms with Crippen molar-refractivity contribution in [1.29, 1.82) is 0 Å². The summed E-state index contributed by atoms with van der Waals surface area (Å²) >= 11 is 0. The molecule has 1 N–H and O–H groups in total. The maximum absolute atomic E-state index is 13.0. The normalized spacial score (nSPS) is 14.5. The zero-order valence-corrected chi connectivity index (χ0v) is 18.4. The van der Waals surface area contributed by atoms with E-state index in [9.17, 15) is 14.4 Å². The van der Waals surface area contributed by atoms with Crippen LogP contribution in [0.25, 0.3) is 11.0 Å². The minimum atomic E-state index is -0.890. The highest BCUT2D eigenvalue weighted by Crippen LogP contribution is 2.35. The Balaban J connectivity index is 1.94. The van der Waals surface area contributed by atoms with Gasteiger partial charge in [0.05, 0.1) is 5.39 Å². The standard InChI is InChI=1S/C23H29NO6/c1-12(2)19(24-22(27)30-23(4,5)6)21(26)29-17-11-13(3)10-16-18(17)14-8-7-9-15(14)20(25)28-16/h10-12,19H,7-9H2,1-6H3,(H,24,27)/t19-/m0/s1. The number of esters is 1.